The van der Waals surface area contributed by atoms with Crippen LogP contribution in [0.25, 0.3) is 0 Å². The minimum Gasteiger partial charge on any atom is -0.494 e. The van der Waals surface area contributed by atoms with Gasteiger partial charge in [0.1, 0.15) is 12.2 Å². The average molecular weight is 370 g/mol. The van der Waals surface area contributed by atoms with Crippen molar-refractivity contribution < 1.29 is 32.2 Å². The van der Waals surface area contributed by atoms with Crippen LogP contribution < -0.4 is 4.74 Å². The first-order valence-electron chi connectivity index (χ1n) is 8.08. The molecule has 0 fully saturated rings. The Morgan fingerprint density at radius 3 is 2.60 bits per heavy atom. The summed E-state index contributed by atoms with van der Waals surface area (Å²) in [7, 11) is -3.97. The van der Waals surface area contributed by atoms with Gasteiger partial charge in [0.15, 0.2) is 12.3 Å². The molecule has 0 saturated heterocycles. The molecule has 1 heterocycles. The van der Waals surface area contributed by atoms with Crippen molar-refractivity contribution in [2.45, 2.75) is 39.0 Å². The Morgan fingerprint density at radius 1 is 1.32 bits per heavy atom. The van der Waals surface area contributed by atoms with Crippen molar-refractivity contribution in [3.63, 3.8) is 0 Å². The summed E-state index contributed by atoms with van der Waals surface area (Å²) in [5.41, 5.74) is 2.84. The van der Waals surface area contributed by atoms with Crippen LogP contribution in [-0.4, -0.2) is 53.2 Å². The van der Waals surface area contributed by atoms with E-state index in [1.165, 1.54) is 0 Å². The summed E-state index contributed by atoms with van der Waals surface area (Å²) in [6.07, 6.45) is 0.260. The summed E-state index contributed by atoms with van der Waals surface area (Å²) >= 11 is 0. The van der Waals surface area contributed by atoms with Crippen molar-refractivity contribution in [1.29, 1.82) is 0 Å². The third-order valence-corrected chi connectivity index (χ3v) is 5.41. The zero-order valence-electron chi connectivity index (χ0n) is 14.7. The van der Waals surface area contributed by atoms with E-state index in [4.69, 9.17) is 14.4 Å². The molecule has 0 aliphatic carbocycles. The predicted molar refractivity (Wildman–Crippen MR) is 93.7 cm³/mol. The van der Waals surface area contributed by atoms with Crippen LogP contribution >= 0.6 is 0 Å². The maximum absolute atomic E-state index is 10.9. The smallest absolute Gasteiger partial charge is 0.309 e. The second-order valence-electron chi connectivity index (χ2n) is 6.67. The largest absolute Gasteiger partial charge is 0.494 e. The van der Waals surface area contributed by atoms with Gasteiger partial charge in [0.25, 0.3) is 10.1 Å². The zero-order valence-corrected chi connectivity index (χ0v) is 15.5. The number of ether oxygens (including phenoxy) is 1. The summed E-state index contributed by atoms with van der Waals surface area (Å²) in [6.45, 7) is 6.74. The lowest BCUT2D eigenvalue weighted by atomic mass is 9.82. The molecule has 0 spiro atoms. The predicted octanol–water partition coefficient (Wildman–Crippen LogP) is 2.21. The number of carbonyl (C=O) groups is 1. The Hall–Kier alpha value is -1.93. The summed E-state index contributed by atoms with van der Waals surface area (Å²) in [5, 5.41) is 8.94. The number of carboxylic acid groups (broad SMARTS) is 1. The number of hydrogen-bond acceptors (Lipinski definition) is 4. The van der Waals surface area contributed by atoms with Crippen LogP contribution in [0.5, 0.6) is 5.75 Å². The fraction of sp³-hybridized carbons (Fsp3) is 0.529. The lowest BCUT2D eigenvalue weighted by Gasteiger charge is -2.16. The van der Waals surface area contributed by atoms with E-state index in [1.807, 2.05) is 23.6 Å². The highest BCUT2D eigenvalue weighted by atomic mass is 32.2. The van der Waals surface area contributed by atoms with Crippen LogP contribution in [0.2, 0.25) is 0 Å². The van der Waals surface area contributed by atoms with E-state index in [-0.39, 0.29) is 30.6 Å². The number of nitrogens with zero attached hydrogens (tertiary/aromatic N) is 1. The molecule has 2 N–H and O–H groups in total. The number of rotatable bonds is 8. The third-order valence-electron chi connectivity index (χ3n) is 4.61. The maximum Gasteiger partial charge on any atom is 0.309 e. The van der Waals surface area contributed by atoms with Crippen molar-refractivity contribution in [2.24, 2.45) is 0 Å². The van der Waals surface area contributed by atoms with E-state index in [0.717, 1.165) is 17.0 Å². The van der Waals surface area contributed by atoms with Crippen molar-refractivity contribution in [3.05, 3.63) is 23.8 Å². The summed E-state index contributed by atoms with van der Waals surface area (Å²) in [4.78, 5) is 10.9. The zero-order chi connectivity index (χ0) is 18.8. The second-order valence-corrected chi connectivity index (χ2v) is 8.24. The standard InChI is InChI=1S/C17H23NO6S/c1-12-17(2,3)14-11-13(24-9-4-10-25(21,22)23)5-6-15(14)18(12)8-7-16(19)20/h5-6,11H,4,7-10H2,1-3H3,(H-,19,20,21,22,23)/p+1. The topological polar surface area (TPSA) is 104 Å². The van der Waals surface area contributed by atoms with Gasteiger partial charge in [0.05, 0.1) is 17.8 Å². The Balaban J connectivity index is 2.15. The molecule has 0 amide bonds. The van der Waals surface area contributed by atoms with E-state index in [0.29, 0.717) is 12.3 Å². The summed E-state index contributed by atoms with van der Waals surface area (Å²) < 4.78 is 37.8. The van der Waals surface area contributed by atoms with E-state index < -0.39 is 16.1 Å². The van der Waals surface area contributed by atoms with Crippen LogP contribution in [0.1, 0.15) is 39.2 Å². The second kappa shape index (κ2) is 7.13. The van der Waals surface area contributed by atoms with Gasteiger partial charge in [-0.05, 0) is 32.4 Å². The molecular weight excluding hydrogens is 346 g/mol. The molecule has 1 aromatic rings. The van der Waals surface area contributed by atoms with Crippen molar-refractivity contribution in [3.8, 4) is 5.75 Å². The molecule has 138 valence electrons. The molecule has 2 rings (SSSR count). The Morgan fingerprint density at radius 2 is 2.00 bits per heavy atom. The third kappa shape index (κ3) is 4.58. The fourth-order valence-corrected chi connectivity index (χ4v) is 3.46. The molecule has 0 atom stereocenters. The first kappa shape index (κ1) is 19.4. The Labute approximate surface area is 147 Å². The molecule has 0 saturated carbocycles. The van der Waals surface area contributed by atoms with E-state index in [1.54, 1.807) is 6.07 Å². The fourth-order valence-electron chi connectivity index (χ4n) is 2.98. The number of benzene rings is 1. The number of carboxylic acids is 1. The number of aliphatic carboxylic acids is 1. The van der Waals surface area contributed by atoms with Gasteiger partial charge in [-0.2, -0.15) is 13.0 Å². The van der Waals surface area contributed by atoms with E-state index >= 15 is 0 Å². The van der Waals surface area contributed by atoms with Gasteiger partial charge < -0.3 is 9.84 Å². The average Bonchev–Trinajstić information content (AvgIpc) is 2.68. The molecule has 0 unspecified atom stereocenters. The molecular formula is C17H24NO6S+. The first-order chi connectivity index (χ1) is 11.5. The van der Waals surface area contributed by atoms with Crippen LogP contribution in [0.15, 0.2) is 18.2 Å². The van der Waals surface area contributed by atoms with Gasteiger partial charge in [0.2, 0.25) is 5.69 Å². The van der Waals surface area contributed by atoms with Crippen LogP contribution in [0.3, 0.4) is 0 Å². The maximum atomic E-state index is 10.9. The monoisotopic (exact) mass is 370 g/mol. The summed E-state index contributed by atoms with van der Waals surface area (Å²) in [6, 6.07) is 5.59. The number of fused-ring (bicyclic) bond motifs is 1. The molecule has 8 heteroatoms. The van der Waals surface area contributed by atoms with Crippen molar-refractivity contribution in [1.82, 2.24) is 0 Å². The highest BCUT2D eigenvalue weighted by molar-refractivity contribution is 7.85. The normalized spacial score (nSPS) is 16.0. The van der Waals surface area contributed by atoms with Gasteiger partial charge in [-0.25, -0.2) is 0 Å². The van der Waals surface area contributed by atoms with Gasteiger partial charge in [-0.3, -0.25) is 9.35 Å². The molecule has 25 heavy (non-hydrogen) atoms. The summed E-state index contributed by atoms with van der Waals surface area (Å²) in [5.74, 6) is -0.549. The van der Waals surface area contributed by atoms with E-state index in [2.05, 4.69) is 13.8 Å². The highest BCUT2D eigenvalue weighted by Crippen LogP contribution is 2.41. The minimum atomic E-state index is -3.97. The number of hydrogen-bond donors (Lipinski definition) is 2. The van der Waals surface area contributed by atoms with Gasteiger partial charge in [-0.15, -0.1) is 0 Å². The van der Waals surface area contributed by atoms with E-state index in [9.17, 15) is 13.2 Å². The van der Waals surface area contributed by atoms with Crippen LogP contribution in [0.4, 0.5) is 5.69 Å². The van der Waals surface area contributed by atoms with Crippen LogP contribution in [0, 0.1) is 0 Å². The minimum absolute atomic E-state index is 0.0563. The lowest BCUT2D eigenvalue weighted by Crippen LogP contribution is -2.27. The SMILES string of the molecule is CC1=[N+](CCC(=O)O)c2ccc(OCCCS(=O)(=O)O)cc2C1(C)C. The Bertz CT molecular complexity index is 810. The first-order valence-corrected chi connectivity index (χ1v) is 9.69. The molecule has 1 aliphatic heterocycles. The highest BCUT2D eigenvalue weighted by Gasteiger charge is 2.43. The van der Waals surface area contributed by atoms with Crippen LogP contribution in [-0.2, 0) is 20.3 Å². The molecule has 1 aromatic carbocycles. The molecule has 7 nitrogen and oxygen atoms in total. The molecule has 0 bridgehead atoms. The quantitative estimate of drug-likeness (QED) is 0.413. The molecule has 1 aliphatic rings. The van der Waals surface area contributed by atoms with Crippen molar-refractivity contribution >= 4 is 27.5 Å². The molecule has 0 aromatic heterocycles. The van der Waals surface area contributed by atoms with Gasteiger partial charge in [-0.1, -0.05) is 0 Å². The van der Waals surface area contributed by atoms with Crippen molar-refractivity contribution in [2.75, 3.05) is 18.9 Å². The van der Waals surface area contributed by atoms with Gasteiger partial charge >= 0.3 is 5.97 Å². The lowest BCUT2D eigenvalue weighted by molar-refractivity contribution is -0.438. The molecule has 0 radical (unpaired) electrons. The Kier molecular flexibility index (Phi) is 5.53. The van der Waals surface area contributed by atoms with Gasteiger partial charge in [0, 0.05) is 18.6 Å².